The topological polar surface area (TPSA) is 88.1 Å². The molecule has 0 aliphatic rings. The summed E-state index contributed by atoms with van der Waals surface area (Å²) in [6.07, 6.45) is 0. The van der Waals surface area contributed by atoms with Crippen LogP contribution in [-0.2, 0) is 0 Å². The lowest BCUT2D eigenvalue weighted by atomic mass is 10.0. The number of hydrogen-bond donors (Lipinski definition) is 0. The molecule has 4 aromatic heterocycles. The predicted octanol–water partition coefficient (Wildman–Crippen LogP) is 16.2. The molecule has 7 nitrogen and oxygen atoms in total. The zero-order valence-electron chi connectivity index (χ0n) is 39.1. The van der Waals surface area contributed by atoms with Gasteiger partial charge in [-0.3, -0.25) is 0 Å². The van der Waals surface area contributed by atoms with Gasteiger partial charge in [0.2, 0.25) is 0 Å². The maximum atomic E-state index is 9.86. The average molecular weight is 930 g/mol. The fraction of sp³-hybridized carbons (Fsp3) is 0. The van der Waals surface area contributed by atoms with Gasteiger partial charge in [0.25, 0.3) is 0 Å². The molecule has 0 spiro atoms. The average Bonchev–Trinajstić information content (AvgIpc) is 4.10. The Morgan fingerprint density at radius 1 is 0.274 bits per heavy atom. The summed E-state index contributed by atoms with van der Waals surface area (Å²) in [6, 6.07) is 86.9. The first-order valence-electron chi connectivity index (χ1n) is 24.3. The molecule has 0 saturated heterocycles. The summed E-state index contributed by atoms with van der Waals surface area (Å²) in [7, 11) is 0. The lowest BCUT2D eigenvalue weighted by Gasteiger charge is -2.12. The molecule has 0 aliphatic heterocycles. The Kier molecular flexibility index (Phi) is 9.50. The van der Waals surface area contributed by atoms with Crippen molar-refractivity contribution in [1.29, 1.82) is 10.5 Å². The minimum Gasteiger partial charge on any atom is -0.309 e. The number of nitrogens with zero attached hydrogens (tertiary/aromatic N) is 7. The third-order valence-electron chi connectivity index (χ3n) is 14.3. The fourth-order valence-corrected chi connectivity index (χ4v) is 10.9. The second kappa shape index (κ2) is 16.7. The molecule has 0 radical (unpaired) electrons. The van der Waals surface area contributed by atoms with Crippen LogP contribution in [0.3, 0.4) is 0 Å². The summed E-state index contributed by atoms with van der Waals surface area (Å²) in [6.45, 7) is 0. The van der Waals surface area contributed by atoms with E-state index in [4.69, 9.17) is 9.97 Å². The number of fused-ring (bicyclic) bond motifs is 9. The zero-order chi connectivity index (χ0) is 48.6. The first-order valence-corrected chi connectivity index (χ1v) is 24.3. The summed E-state index contributed by atoms with van der Waals surface area (Å²) >= 11 is 0. The van der Waals surface area contributed by atoms with E-state index in [9.17, 15) is 10.5 Å². The highest BCUT2D eigenvalue weighted by Gasteiger charge is 2.20. The number of rotatable bonds is 7. The monoisotopic (exact) mass is 929 g/mol. The van der Waals surface area contributed by atoms with Gasteiger partial charge in [-0.05, 0) is 114 Å². The third kappa shape index (κ3) is 6.80. The van der Waals surface area contributed by atoms with E-state index in [0.29, 0.717) is 17.0 Å². The highest BCUT2D eigenvalue weighted by atomic mass is 15.0. The lowest BCUT2D eigenvalue weighted by molar-refractivity contribution is 1.16. The van der Waals surface area contributed by atoms with Crippen LogP contribution < -0.4 is 0 Å². The number of hydrogen-bond acceptors (Lipinski definition) is 4. The maximum Gasteiger partial charge on any atom is 0.160 e. The molecule has 73 heavy (non-hydrogen) atoms. The van der Waals surface area contributed by atoms with Crippen LogP contribution in [0.4, 0.5) is 0 Å². The van der Waals surface area contributed by atoms with Gasteiger partial charge >= 0.3 is 0 Å². The number of para-hydroxylation sites is 2. The van der Waals surface area contributed by atoms with Crippen LogP contribution in [0.15, 0.2) is 237 Å². The highest BCUT2D eigenvalue weighted by molar-refractivity contribution is 6.14. The molecule has 0 amide bonds. The number of nitriles is 2. The quantitative estimate of drug-likeness (QED) is 0.159. The summed E-state index contributed by atoms with van der Waals surface area (Å²) in [5.74, 6) is 0.692. The minimum absolute atomic E-state index is 0.635. The second-order valence-corrected chi connectivity index (χ2v) is 18.4. The van der Waals surface area contributed by atoms with Gasteiger partial charge in [-0.15, -0.1) is 0 Å². The normalized spacial score (nSPS) is 11.5. The molecule has 0 bridgehead atoms. The zero-order valence-corrected chi connectivity index (χ0v) is 39.1. The van der Waals surface area contributed by atoms with Gasteiger partial charge in [0, 0.05) is 66.1 Å². The fourth-order valence-electron chi connectivity index (χ4n) is 10.9. The highest BCUT2D eigenvalue weighted by Crippen LogP contribution is 2.40. The van der Waals surface area contributed by atoms with Crippen LogP contribution >= 0.6 is 0 Å². The van der Waals surface area contributed by atoms with Crippen molar-refractivity contribution in [3.05, 3.63) is 248 Å². The van der Waals surface area contributed by atoms with Gasteiger partial charge in [-0.1, -0.05) is 133 Å². The maximum absolute atomic E-state index is 9.86. The van der Waals surface area contributed by atoms with Crippen molar-refractivity contribution < 1.29 is 0 Å². The van der Waals surface area contributed by atoms with Crippen LogP contribution in [0.1, 0.15) is 11.1 Å². The molecule has 338 valence electrons. The molecule has 0 aliphatic carbocycles. The van der Waals surface area contributed by atoms with Gasteiger partial charge in [-0.25, -0.2) is 9.97 Å². The van der Waals surface area contributed by atoms with Gasteiger partial charge in [-0.2, -0.15) is 10.5 Å². The largest absolute Gasteiger partial charge is 0.309 e. The third-order valence-corrected chi connectivity index (χ3v) is 14.3. The van der Waals surface area contributed by atoms with E-state index in [-0.39, 0.29) is 0 Å². The summed E-state index contributed by atoms with van der Waals surface area (Å²) in [5.41, 5.74) is 17.8. The molecular weight excluding hydrogens is 891 g/mol. The standard InChI is InChI=1S/C66H39N7/c67-40-42-19-31-62-54(35-42)52-15-7-9-17-60(52)72(62)50-29-33-64-56(37-50)57-38-51(73-61-18-10-8-16-53(61)55-36-43(41-68)20-32-63(55)73)30-34-65(57)71(64)49-27-25-45(26-28-49)44-21-23-47(24-22-44)59-39-58(46-11-3-1-4-12-46)69-66(70-59)48-13-5-2-6-14-48/h1-39H. The number of aromatic nitrogens is 5. The molecule has 0 unspecified atom stereocenters. The van der Waals surface area contributed by atoms with E-state index in [1.54, 1.807) is 0 Å². The molecule has 0 N–H and O–H groups in total. The van der Waals surface area contributed by atoms with Gasteiger partial charge in [0.1, 0.15) is 0 Å². The van der Waals surface area contributed by atoms with Crippen molar-refractivity contribution in [2.24, 2.45) is 0 Å². The van der Waals surface area contributed by atoms with Crippen molar-refractivity contribution >= 4 is 65.4 Å². The minimum atomic E-state index is 0.635. The van der Waals surface area contributed by atoms with E-state index in [0.717, 1.165) is 122 Å². The number of benzene rings is 10. The molecule has 7 heteroatoms. The Morgan fingerprint density at radius 3 is 1.12 bits per heavy atom. The van der Waals surface area contributed by atoms with Gasteiger partial charge in [0.15, 0.2) is 5.82 Å². The molecule has 0 fully saturated rings. The lowest BCUT2D eigenvalue weighted by Crippen LogP contribution is -1.96. The molecule has 10 aromatic carbocycles. The Bertz CT molecular complexity index is 4360. The van der Waals surface area contributed by atoms with E-state index in [2.05, 4.69) is 202 Å². The Balaban J connectivity index is 0.901. The van der Waals surface area contributed by atoms with Crippen LogP contribution in [0, 0.1) is 22.7 Å². The second-order valence-electron chi connectivity index (χ2n) is 18.4. The van der Waals surface area contributed by atoms with E-state index in [1.807, 2.05) is 60.7 Å². The van der Waals surface area contributed by atoms with E-state index < -0.39 is 0 Å². The van der Waals surface area contributed by atoms with E-state index >= 15 is 0 Å². The van der Waals surface area contributed by atoms with Crippen LogP contribution in [-0.4, -0.2) is 23.7 Å². The van der Waals surface area contributed by atoms with Gasteiger partial charge < -0.3 is 13.7 Å². The first-order chi connectivity index (χ1) is 36.1. The molecule has 14 rings (SSSR count). The first kappa shape index (κ1) is 41.6. The van der Waals surface area contributed by atoms with Crippen LogP contribution in [0.2, 0.25) is 0 Å². The Labute approximate surface area is 419 Å². The molecule has 0 saturated carbocycles. The smallest absolute Gasteiger partial charge is 0.160 e. The Morgan fingerprint density at radius 2 is 0.630 bits per heavy atom. The molecule has 0 atom stereocenters. The Hall–Kier alpha value is -10.3. The summed E-state index contributed by atoms with van der Waals surface area (Å²) in [4.78, 5) is 10.0. The van der Waals surface area contributed by atoms with Crippen molar-refractivity contribution in [2.75, 3.05) is 0 Å². The van der Waals surface area contributed by atoms with Crippen molar-refractivity contribution in [3.8, 4) is 74.2 Å². The molecular formula is C66H39N7. The van der Waals surface area contributed by atoms with Crippen LogP contribution in [0.5, 0.6) is 0 Å². The van der Waals surface area contributed by atoms with Crippen molar-refractivity contribution in [1.82, 2.24) is 23.7 Å². The summed E-state index contributed by atoms with van der Waals surface area (Å²) < 4.78 is 6.99. The van der Waals surface area contributed by atoms with Crippen LogP contribution in [0.25, 0.3) is 128 Å². The van der Waals surface area contributed by atoms with E-state index in [1.165, 1.54) is 0 Å². The predicted molar refractivity (Wildman–Crippen MR) is 296 cm³/mol. The molecule has 14 aromatic rings. The SMILES string of the molecule is N#Cc1ccc2c(c1)c1ccccc1n2-c1ccc2c(c1)c1cc(-n3c4ccccc4c4cc(C#N)ccc43)ccc1n2-c1ccc(-c2ccc(-c3cc(-c4ccccc4)nc(-c4ccccc4)n3)cc2)cc1. The van der Waals surface area contributed by atoms with Crippen molar-refractivity contribution in [3.63, 3.8) is 0 Å². The summed E-state index contributed by atoms with van der Waals surface area (Å²) in [5, 5.41) is 26.2. The molecule has 4 heterocycles. The van der Waals surface area contributed by atoms with Gasteiger partial charge in [0.05, 0.1) is 67.8 Å². The van der Waals surface area contributed by atoms with Crippen molar-refractivity contribution in [2.45, 2.75) is 0 Å².